The highest BCUT2D eigenvalue weighted by Gasteiger charge is 2.26. The quantitative estimate of drug-likeness (QED) is 0.558. The summed E-state index contributed by atoms with van der Waals surface area (Å²) in [5.74, 6) is 1.38. The third kappa shape index (κ3) is 3.21. The number of rotatable bonds is 3. The predicted octanol–water partition coefficient (Wildman–Crippen LogP) is 4.06. The molecule has 0 unspecified atom stereocenters. The van der Waals surface area contributed by atoms with Crippen LogP contribution < -0.4 is 10.1 Å². The highest BCUT2D eigenvalue weighted by molar-refractivity contribution is 7.17. The van der Waals surface area contributed by atoms with Crippen molar-refractivity contribution >= 4 is 28.0 Å². The van der Waals surface area contributed by atoms with Gasteiger partial charge in [0.1, 0.15) is 5.75 Å². The Kier molecular flexibility index (Phi) is 4.40. The highest BCUT2D eigenvalue weighted by Crippen LogP contribution is 2.30. The number of fused-ring (bicyclic) bond motifs is 3. The van der Waals surface area contributed by atoms with Crippen molar-refractivity contribution in [2.24, 2.45) is 0 Å². The van der Waals surface area contributed by atoms with Crippen molar-refractivity contribution < 1.29 is 9.53 Å². The van der Waals surface area contributed by atoms with Crippen molar-refractivity contribution in [2.45, 2.75) is 13.0 Å². The van der Waals surface area contributed by atoms with Crippen LogP contribution in [-0.4, -0.2) is 39.2 Å². The largest absolute Gasteiger partial charge is 0.495 e. The fourth-order valence-electron chi connectivity index (χ4n) is 3.51. The van der Waals surface area contributed by atoms with Gasteiger partial charge in [-0.25, -0.2) is 9.31 Å². The maximum atomic E-state index is 12.8. The van der Waals surface area contributed by atoms with Gasteiger partial charge in [0.25, 0.3) is 0 Å². The Hall–Kier alpha value is -3.39. The summed E-state index contributed by atoms with van der Waals surface area (Å²) < 4.78 is 7.24. The first kappa shape index (κ1) is 17.7. The summed E-state index contributed by atoms with van der Waals surface area (Å²) in [6.07, 6.45) is 0.742. The van der Waals surface area contributed by atoms with Gasteiger partial charge in [0, 0.05) is 23.4 Å². The van der Waals surface area contributed by atoms with Gasteiger partial charge < -0.3 is 15.0 Å². The van der Waals surface area contributed by atoms with E-state index in [0.29, 0.717) is 24.5 Å². The molecule has 4 aromatic rings. The summed E-state index contributed by atoms with van der Waals surface area (Å²) in [6.45, 7) is 1.17. The van der Waals surface area contributed by atoms with Crippen LogP contribution in [0.5, 0.6) is 5.75 Å². The first-order valence-electron chi connectivity index (χ1n) is 9.34. The molecule has 29 heavy (non-hydrogen) atoms. The maximum absolute atomic E-state index is 12.8. The van der Waals surface area contributed by atoms with E-state index >= 15 is 0 Å². The van der Waals surface area contributed by atoms with E-state index < -0.39 is 0 Å². The first-order chi connectivity index (χ1) is 14.2. The van der Waals surface area contributed by atoms with Crippen LogP contribution in [-0.2, 0) is 13.0 Å². The summed E-state index contributed by atoms with van der Waals surface area (Å²) in [6, 6.07) is 17.2. The Morgan fingerprint density at radius 1 is 1.14 bits per heavy atom. The second-order valence-corrected chi connectivity index (χ2v) is 7.83. The van der Waals surface area contributed by atoms with Crippen LogP contribution in [0.25, 0.3) is 16.3 Å². The average Bonchev–Trinajstić information content (AvgIpc) is 3.32. The number of carbonyl (C=O) groups is 1. The van der Waals surface area contributed by atoms with Crippen LogP contribution in [0.3, 0.4) is 0 Å². The van der Waals surface area contributed by atoms with E-state index in [4.69, 9.17) is 9.84 Å². The minimum Gasteiger partial charge on any atom is -0.495 e. The number of thiazole rings is 1. The Labute approximate surface area is 171 Å². The molecule has 3 heterocycles. The molecule has 1 aliphatic heterocycles. The zero-order valence-electron chi connectivity index (χ0n) is 15.8. The molecule has 0 saturated carbocycles. The Balaban J connectivity index is 1.36. The van der Waals surface area contributed by atoms with Crippen LogP contribution in [0.4, 0.5) is 10.5 Å². The van der Waals surface area contributed by atoms with Crippen LogP contribution in [0.1, 0.15) is 10.6 Å². The molecular weight excluding hydrogens is 386 g/mol. The fourth-order valence-corrected chi connectivity index (χ4v) is 4.63. The zero-order valence-corrected chi connectivity index (χ0v) is 16.6. The summed E-state index contributed by atoms with van der Waals surface area (Å²) in [5, 5.41) is 7.65. The SMILES string of the molecule is COc1ccccc1NC(=O)N1CCc2c(sc3nc(-c4ccccc4)nn23)C1. The minimum atomic E-state index is -0.135. The summed E-state index contributed by atoms with van der Waals surface area (Å²) in [7, 11) is 1.59. The van der Waals surface area contributed by atoms with Gasteiger partial charge in [-0.1, -0.05) is 53.8 Å². The van der Waals surface area contributed by atoms with Gasteiger partial charge in [0.2, 0.25) is 4.96 Å². The normalized spacial score (nSPS) is 13.3. The van der Waals surface area contributed by atoms with Gasteiger partial charge in [-0.15, -0.1) is 5.10 Å². The number of anilines is 1. The Bertz CT molecular complexity index is 1180. The van der Waals surface area contributed by atoms with Gasteiger partial charge in [-0.2, -0.15) is 4.98 Å². The topological polar surface area (TPSA) is 71.8 Å². The zero-order chi connectivity index (χ0) is 19.8. The van der Waals surface area contributed by atoms with Crippen molar-refractivity contribution in [3.8, 4) is 17.1 Å². The molecule has 146 valence electrons. The van der Waals surface area contributed by atoms with Gasteiger partial charge in [0.15, 0.2) is 5.82 Å². The van der Waals surface area contributed by atoms with Crippen LogP contribution >= 0.6 is 11.3 Å². The van der Waals surface area contributed by atoms with Gasteiger partial charge in [-0.3, -0.25) is 0 Å². The smallest absolute Gasteiger partial charge is 0.322 e. The van der Waals surface area contributed by atoms with E-state index in [1.807, 2.05) is 64.0 Å². The number of nitrogens with one attached hydrogen (secondary N) is 1. The number of aromatic nitrogens is 3. The fraction of sp³-hybridized carbons (Fsp3) is 0.190. The molecule has 5 rings (SSSR count). The summed E-state index contributed by atoms with van der Waals surface area (Å²) in [4.78, 5) is 21.2. The number of hydrogen-bond donors (Lipinski definition) is 1. The molecular formula is C21H19N5O2S. The van der Waals surface area contributed by atoms with Crippen molar-refractivity contribution in [1.29, 1.82) is 0 Å². The number of urea groups is 1. The lowest BCUT2D eigenvalue weighted by atomic mass is 10.2. The molecule has 2 aromatic carbocycles. The molecule has 1 aliphatic rings. The summed E-state index contributed by atoms with van der Waals surface area (Å²) in [5.41, 5.74) is 2.81. The third-order valence-electron chi connectivity index (χ3n) is 4.99. The van der Waals surface area contributed by atoms with Gasteiger partial charge in [0.05, 0.1) is 25.0 Å². The standard InChI is InChI=1S/C21H19N5O2S/c1-28-17-10-6-5-9-15(17)22-20(27)25-12-11-16-18(13-25)29-21-23-19(24-26(16)21)14-7-3-2-4-8-14/h2-10H,11-13H2,1H3,(H,22,27). The second kappa shape index (κ2) is 7.21. The van der Waals surface area contributed by atoms with E-state index in [1.165, 1.54) is 0 Å². The molecule has 0 radical (unpaired) electrons. The monoisotopic (exact) mass is 405 g/mol. The number of hydrogen-bond acceptors (Lipinski definition) is 5. The molecule has 8 heteroatoms. The number of ether oxygens (including phenoxy) is 1. The first-order valence-corrected chi connectivity index (χ1v) is 10.2. The van der Waals surface area contributed by atoms with E-state index in [1.54, 1.807) is 18.4 Å². The van der Waals surface area contributed by atoms with E-state index in [2.05, 4.69) is 10.3 Å². The number of carbonyl (C=O) groups excluding carboxylic acids is 1. The van der Waals surface area contributed by atoms with Crippen molar-refractivity contribution in [3.63, 3.8) is 0 Å². The van der Waals surface area contributed by atoms with Crippen LogP contribution in [0.2, 0.25) is 0 Å². The number of benzene rings is 2. The van der Waals surface area contributed by atoms with Crippen molar-refractivity contribution in [3.05, 3.63) is 65.2 Å². The molecule has 1 N–H and O–H groups in total. The number of para-hydroxylation sites is 2. The van der Waals surface area contributed by atoms with Crippen LogP contribution in [0.15, 0.2) is 54.6 Å². The number of methoxy groups -OCH3 is 1. The van der Waals surface area contributed by atoms with Crippen molar-refractivity contribution in [1.82, 2.24) is 19.5 Å². The predicted molar refractivity (Wildman–Crippen MR) is 112 cm³/mol. The molecule has 0 fully saturated rings. The molecule has 7 nitrogen and oxygen atoms in total. The Morgan fingerprint density at radius 3 is 2.76 bits per heavy atom. The maximum Gasteiger partial charge on any atom is 0.322 e. The molecule has 0 spiro atoms. The molecule has 0 bridgehead atoms. The van der Waals surface area contributed by atoms with E-state index in [9.17, 15) is 4.79 Å². The molecule has 0 atom stereocenters. The van der Waals surface area contributed by atoms with Gasteiger partial charge in [-0.05, 0) is 12.1 Å². The minimum absolute atomic E-state index is 0.135. The second-order valence-electron chi connectivity index (χ2n) is 6.77. The van der Waals surface area contributed by atoms with E-state index in [-0.39, 0.29) is 6.03 Å². The van der Waals surface area contributed by atoms with E-state index in [0.717, 1.165) is 33.3 Å². The average molecular weight is 405 g/mol. The number of amides is 2. The molecule has 2 amide bonds. The lowest BCUT2D eigenvalue weighted by Gasteiger charge is -2.27. The summed E-state index contributed by atoms with van der Waals surface area (Å²) >= 11 is 1.59. The molecule has 0 aliphatic carbocycles. The van der Waals surface area contributed by atoms with Crippen molar-refractivity contribution in [2.75, 3.05) is 19.0 Å². The highest BCUT2D eigenvalue weighted by atomic mass is 32.1. The lowest BCUT2D eigenvalue weighted by Crippen LogP contribution is -2.38. The molecule has 2 aromatic heterocycles. The molecule has 0 saturated heterocycles. The Morgan fingerprint density at radius 2 is 1.93 bits per heavy atom. The van der Waals surface area contributed by atoms with Gasteiger partial charge >= 0.3 is 6.03 Å². The third-order valence-corrected chi connectivity index (χ3v) is 6.05. The number of nitrogens with zero attached hydrogens (tertiary/aromatic N) is 4. The van der Waals surface area contributed by atoms with Crippen LogP contribution in [0, 0.1) is 0 Å². The lowest BCUT2D eigenvalue weighted by molar-refractivity contribution is 0.206.